The van der Waals surface area contributed by atoms with Crippen LogP contribution in [0.25, 0.3) is 0 Å². The Morgan fingerprint density at radius 3 is 2.64 bits per heavy atom. The molecule has 0 saturated heterocycles. The number of hydrogen-bond acceptors (Lipinski definition) is 2. The maximum atomic E-state index is 5.80. The first-order chi connectivity index (χ1) is 6.63. The minimum Gasteiger partial charge on any atom is -0.493 e. The van der Waals surface area contributed by atoms with Gasteiger partial charge < -0.3 is 10.5 Å². The Balaban J connectivity index is 2.69. The van der Waals surface area contributed by atoms with Crippen LogP contribution < -0.4 is 10.5 Å². The lowest BCUT2D eigenvalue weighted by Crippen LogP contribution is -2.05. The van der Waals surface area contributed by atoms with Crippen LogP contribution in [0.1, 0.15) is 26.3 Å². The molecule has 2 nitrogen and oxygen atoms in total. The van der Waals surface area contributed by atoms with E-state index < -0.39 is 0 Å². The van der Waals surface area contributed by atoms with E-state index in [4.69, 9.17) is 10.5 Å². The molecular formula is C12H19NO. The largest absolute Gasteiger partial charge is 0.493 e. The number of rotatable bonds is 4. The number of anilines is 1. The van der Waals surface area contributed by atoms with Crippen LogP contribution in [0.2, 0.25) is 0 Å². The zero-order valence-electron chi connectivity index (χ0n) is 9.21. The highest BCUT2D eigenvalue weighted by molar-refractivity contribution is 5.50. The summed E-state index contributed by atoms with van der Waals surface area (Å²) in [4.78, 5) is 0. The summed E-state index contributed by atoms with van der Waals surface area (Å²) in [6.07, 6.45) is 0.949. The Morgan fingerprint density at radius 1 is 1.36 bits per heavy atom. The number of nitrogen functional groups attached to an aromatic ring is 1. The van der Waals surface area contributed by atoms with Crippen LogP contribution in [-0.2, 0) is 6.42 Å². The molecule has 0 aliphatic carbocycles. The predicted molar refractivity (Wildman–Crippen MR) is 60.6 cm³/mol. The second-order valence-electron chi connectivity index (χ2n) is 3.92. The summed E-state index contributed by atoms with van der Waals surface area (Å²) < 4.78 is 5.61. The first kappa shape index (κ1) is 10.9. The number of aryl methyl sites for hydroxylation is 1. The van der Waals surface area contributed by atoms with Crippen molar-refractivity contribution in [2.24, 2.45) is 5.92 Å². The van der Waals surface area contributed by atoms with E-state index in [0.29, 0.717) is 5.92 Å². The third-order valence-electron chi connectivity index (χ3n) is 2.08. The zero-order chi connectivity index (χ0) is 10.6. The normalized spacial score (nSPS) is 10.6. The van der Waals surface area contributed by atoms with Gasteiger partial charge in [0.2, 0.25) is 0 Å². The molecule has 0 atom stereocenters. The Hall–Kier alpha value is -1.18. The van der Waals surface area contributed by atoms with Crippen molar-refractivity contribution in [2.75, 3.05) is 12.3 Å². The van der Waals surface area contributed by atoms with Crippen molar-refractivity contribution >= 4 is 5.69 Å². The number of ether oxygens (including phenoxy) is 1. The molecule has 78 valence electrons. The summed E-state index contributed by atoms with van der Waals surface area (Å²) in [7, 11) is 0. The second-order valence-corrected chi connectivity index (χ2v) is 3.92. The Bertz CT molecular complexity index is 294. The molecule has 0 spiro atoms. The third-order valence-corrected chi connectivity index (χ3v) is 2.08. The van der Waals surface area contributed by atoms with Crippen molar-refractivity contribution in [2.45, 2.75) is 27.2 Å². The van der Waals surface area contributed by atoms with Crippen LogP contribution in [0.3, 0.4) is 0 Å². The molecule has 0 radical (unpaired) electrons. The van der Waals surface area contributed by atoms with Gasteiger partial charge in [-0.2, -0.15) is 0 Å². The van der Waals surface area contributed by atoms with Gasteiger partial charge in [-0.25, -0.2) is 0 Å². The highest BCUT2D eigenvalue weighted by Gasteiger charge is 2.01. The van der Waals surface area contributed by atoms with Crippen LogP contribution >= 0.6 is 0 Å². The van der Waals surface area contributed by atoms with Crippen molar-refractivity contribution in [3.05, 3.63) is 23.8 Å². The molecule has 0 fully saturated rings. The van der Waals surface area contributed by atoms with Gasteiger partial charge in [0, 0.05) is 5.69 Å². The first-order valence-corrected chi connectivity index (χ1v) is 5.14. The fourth-order valence-electron chi connectivity index (χ4n) is 1.24. The zero-order valence-corrected chi connectivity index (χ0v) is 9.21. The Morgan fingerprint density at radius 2 is 2.07 bits per heavy atom. The molecule has 2 heteroatoms. The van der Waals surface area contributed by atoms with Crippen LogP contribution in [0, 0.1) is 5.92 Å². The molecule has 1 aromatic rings. The fraction of sp³-hybridized carbons (Fsp3) is 0.500. The SMILES string of the molecule is CCc1cc(OCC(C)C)ccc1N. The molecule has 1 aromatic carbocycles. The van der Waals surface area contributed by atoms with Gasteiger partial charge in [0.15, 0.2) is 0 Å². The van der Waals surface area contributed by atoms with E-state index in [-0.39, 0.29) is 0 Å². The minimum atomic E-state index is 0.553. The molecule has 0 saturated carbocycles. The molecule has 0 aliphatic heterocycles. The van der Waals surface area contributed by atoms with Crippen LogP contribution in [-0.4, -0.2) is 6.61 Å². The molecule has 0 amide bonds. The summed E-state index contributed by atoms with van der Waals surface area (Å²) >= 11 is 0. The molecule has 0 aliphatic rings. The van der Waals surface area contributed by atoms with E-state index in [1.165, 1.54) is 0 Å². The van der Waals surface area contributed by atoms with Gasteiger partial charge >= 0.3 is 0 Å². The summed E-state index contributed by atoms with van der Waals surface area (Å²) in [5.74, 6) is 1.47. The molecular weight excluding hydrogens is 174 g/mol. The smallest absolute Gasteiger partial charge is 0.119 e. The summed E-state index contributed by atoms with van der Waals surface area (Å²) in [6.45, 7) is 7.13. The molecule has 14 heavy (non-hydrogen) atoms. The van der Waals surface area contributed by atoms with Crippen molar-refractivity contribution in [3.8, 4) is 5.75 Å². The molecule has 0 unspecified atom stereocenters. The van der Waals surface area contributed by atoms with Gasteiger partial charge in [0.1, 0.15) is 5.75 Å². The van der Waals surface area contributed by atoms with Crippen molar-refractivity contribution in [1.29, 1.82) is 0 Å². The standard InChI is InChI=1S/C12H19NO/c1-4-10-7-11(5-6-12(10)13)14-8-9(2)3/h5-7,9H,4,8,13H2,1-3H3. The van der Waals surface area contributed by atoms with Crippen molar-refractivity contribution in [1.82, 2.24) is 0 Å². The van der Waals surface area contributed by atoms with E-state index in [1.807, 2.05) is 18.2 Å². The lowest BCUT2D eigenvalue weighted by Gasteiger charge is -2.10. The van der Waals surface area contributed by atoms with Crippen LogP contribution in [0.5, 0.6) is 5.75 Å². The topological polar surface area (TPSA) is 35.2 Å². The maximum absolute atomic E-state index is 5.80. The number of hydrogen-bond donors (Lipinski definition) is 1. The lowest BCUT2D eigenvalue weighted by atomic mass is 10.1. The maximum Gasteiger partial charge on any atom is 0.119 e. The van der Waals surface area contributed by atoms with Crippen molar-refractivity contribution in [3.63, 3.8) is 0 Å². The van der Waals surface area contributed by atoms with Gasteiger partial charge in [-0.15, -0.1) is 0 Å². The molecule has 0 heterocycles. The average Bonchev–Trinajstić information content (AvgIpc) is 2.16. The van der Waals surface area contributed by atoms with Gasteiger partial charge in [0.25, 0.3) is 0 Å². The van der Waals surface area contributed by atoms with E-state index in [9.17, 15) is 0 Å². The van der Waals surface area contributed by atoms with Crippen LogP contribution in [0.4, 0.5) is 5.69 Å². The fourth-order valence-corrected chi connectivity index (χ4v) is 1.24. The Kier molecular flexibility index (Phi) is 3.81. The van der Waals surface area contributed by atoms with Gasteiger partial charge in [-0.1, -0.05) is 20.8 Å². The summed E-state index contributed by atoms with van der Waals surface area (Å²) in [5.41, 5.74) is 7.81. The van der Waals surface area contributed by atoms with Gasteiger partial charge in [0.05, 0.1) is 6.61 Å². The Labute approximate surface area is 86.1 Å². The molecule has 2 N–H and O–H groups in total. The third kappa shape index (κ3) is 2.95. The molecule has 0 bridgehead atoms. The van der Waals surface area contributed by atoms with Crippen LogP contribution in [0.15, 0.2) is 18.2 Å². The van der Waals surface area contributed by atoms with E-state index >= 15 is 0 Å². The first-order valence-electron chi connectivity index (χ1n) is 5.14. The predicted octanol–water partition coefficient (Wildman–Crippen LogP) is 2.87. The van der Waals surface area contributed by atoms with Gasteiger partial charge in [-0.3, -0.25) is 0 Å². The number of benzene rings is 1. The monoisotopic (exact) mass is 193 g/mol. The van der Waals surface area contributed by atoms with Crippen molar-refractivity contribution < 1.29 is 4.74 Å². The van der Waals surface area contributed by atoms with Gasteiger partial charge in [-0.05, 0) is 36.1 Å². The number of nitrogens with two attached hydrogens (primary N) is 1. The quantitative estimate of drug-likeness (QED) is 0.746. The lowest BCUT2D eigenvalue weighted by molar-refractivity contribution is 0.271. The van der Waals surface area contributed by atoms with E-state index in [0.717, 1.165) is 30.0 Å². The molecule has 0 aromatic heterocycles. The highest BCUT2D eigenvalue weighted by atomic mass is 16.5. The molecule has 1 rings (SSSR count). The second kappa shape index (κ2) is 4.89. The summed E-state index contributed by atoms with van der Waals surface area (Å²) in [6, 6.07) is 5.86. The van der Waals surface area contributed by atoms with E-state index in [2.05, 4.69) is 20.8 Å². The van der Waals surface area contributed by atoms with E-state index in [1.54, 1.807) is 0 Å². The highest BCUT2D eigenvalue weighted by Crippen LogP contribution is 2.20. The summed E-state index contributed by atoms with van der Waals surface area (Å²) in [5, 5.41) is 0. The average molecular weight is 193 g/mol. The minimum absolute atomic E-state index is 0.553.